The van der Waals surface area contributed by atoms with Crippen LogP contribution in [0.15, 0.2) is 72.8 Å². The molecule has 0 radical (unpaired) electrons. The number of para-hydroxylation sites is 1. The van der Waals surface area contributed by atoms with Gasteiger partial charge in [-0.3, -0.25) is 14.9 Å². The van der Waals surface area contributed by atoms with Crippen molar-refractivity contribution in [3.8, 4) is 11.5 Å². The lowest BCUT2D eigenvalue weighted by Crippen LogP contribution is -2.53. The van der Waals surface area contributed by atoms with Crippen LogP contribution in [-0.4, -0.2) is 29.0 Å². The standard InChI is InChI=1S/C23H22N4O5/c1-31-19-11-9-17(10-12-19)25-22(21(24)28)26-14-16-5-2-3-8-20(16)32-23(26)15-6-4-7-18(13-15)27(29)30/h2-13,22-23,25H,14H2,1H3,(H2,24,28). The predicted octanol–water partition coefficient (Wildman–Crippen LogP) is 3.42. The Morgan fingerprint density at radius 3 is 2.62 bits per heavy atom. The molecule has 1 aliphatic rings. The first-order chi connectivity index (χ1) is 15.5. The molecule has 0 aromatic heterocycles. The molecule has 1 aliphatic heterocycles. The molecule has 1 heterocycles. The van der Waals surface area contributed by atoms with Crippen LogP contribution in [0.25, 0.3) is 0 Å². The molecule has 2 unspecified atom stereocenters. The highest BCUT2D eigenvalue weighted by atomic mass is 16.6. The number of nitrogens with two attached hydrogens (primary N) is 1. The van der Waals surface area contributed by atoms with Crippen molar-refractivity contribution >= 4 is 17.3 Å². The summed E-state index contributed by atoms with van der Waals surface area (Å²) in [5.74, 6) is 0.711. The third kappa shape index (κ3) is 4.33. The summed E-state index contributed by atoms with van der Waals surface area (Å²) in [7, 11) is 1.57. The lowest BCUT2D eigenvalue weighted by molar-refractivity contribution is -0.385. The lowest BCUT2D eigenvalue weighted by Gasteiger charge is -2.41. The molecule has 2 atom stereocenters. The Morgan fingerprint density at radius 2 is 1.94 bits per heavy atom. The van der Waals surface area contributed by atoms with Crippen LogP contribution in [0.3, 0.4) is 0 Å². The summed E-state index contributed by atoms with van der Waals surface area (Å²) in [5.41, 5.74) is 7.78. The van der Waals surface area contributed by atoms with Crippen LogP contribution in [0.1, 0.15) is 17.4 Å². The van der Waals surface area contributed by atoms with Crippen molar-refractivity contribution in [3.05, 3.63) is 94.0 Å². The van der Waals surface area contributed by atoms with E-state index < -0.39 is 23.2 Å². The average Bonchev–Trinajstić information content (AvgIpc) is 2.82. The summed E-state index contributed by atoms with van der Waals surface area (Å²) in [6.45, 7) is 0.348. The van der Waals surface area contributed by atoms with Crippen molar-refractivity contribution in [2.24, 2.45) is 5.73 Å². The van der Waals surface area contributed by atoms with Gasteiger partial charge in [-0.15, -0.1) is 0 Å². The molecule has 9 heteroatoms. The van der Waals surface area contributed by atoms with Crippen molar-refractivity contribution in [2.45, 2.75) is 18.9 Å². The number of carbonyl (C=O) groups excluding carboxylic acids is 1. The van der Waals surface area contributed by atoms with E-state index in [2.05, 4.69) is 5.32 Å². The minimum Gasteiger partial charge on any atom is -0.497 e. The minimum atomic E-state index is -0.944. The molecule has 0 saturated heterocycles. The maximum absolute atomic E-state index is 12.5. The Balaban J connectivity index is 1.73. The number of nitro groups is 1. The van der Waals surface area contributed by atoms with Gasteiger partial charge in [-0.1, -0.05) is 30.3 Å². The molecule has 3 aromatic carbocycles. The van der Waals surface area contributed by atoms with Crippen molar-refractivity contribution in [1.29, 1.82) is 0 Å². The monoisotopic (exact) mass is 434 g/mol. The zero-order valence-corrected chi connectivity index (χ0v) is 17.3. The predicted molar refractivity (Wildman–Crippen MR) is 118 cm³/mol. The number of primary amides is 1. The molecule has 32 heavy (non-hydrogen) atoms. The number of anilines is 1. The van der Waals surface area contributed by atoms with E-state index >= 15 is 0 Å². The van der Waals surface area contributed by atoms with Crippen molar-refractivity contribution in [2.75, 3.05) is 12.4 Å². The van der Waals surface area contributed by atoms with Crippen LogP contribution in [-0.2, 0) is 11.3 Å². The van der Waals surface area contributed by atoms with Gasteiger partial charge in [0.15, 0.2) is 12.4 Å². The number of nitrogens with one attached hydrogen (secondary N) is 1. The Bertz CT molecular complexity index is 1140. The molecule has 3 aromatic rings. The van der Waals surface area contributed by atoms with Gasteiger partial charge in [0.2, 0.25) is 0 Å². The number of hydrogen-bond donors (Lipinski definition) is 2. The third-order valence-electron chi connectivity index (χ3n) is 5.23. The number of hydrogen-bond acceptors (Lipinski definition) is 7. The SMILES string of the molecule is COc1ccc(NC(C(N)=O)N2Cc3ccccc3OC2c2cccc([N+](=O)[O-])c2)cc1. The number of nitrogens with zero attached hydrogens (tertiary/aromatic N) is 2. The number of benzene rings is 3. The molecule has 0 bridgehead atoms. The zero-order valence-electron chi connectivity index (χ0n) is 17.3. The fraction of sp³-hybridized carbons (Fsp3) is 0.174. The van der Waals surface area contributed by atoms with Crippen molar-refractivity contribution in [1.82, 2.24) is 4.90 Å². The van der Waals surface area contributed by atoms with E-state index in [-0.39, 0.29) is 5.69 Å². The summed E-state index contributed by atoms with van der Waals surface area (Å²) < 4.78 is 11.4. The topological polar surface area (TPSA) is 120 Å². The highest BCUT2D eigenvalue weighted by molar-refractivity contribution is 5.82. The van der Waals surface area contributed by atoms with E-state index in [1.165, 1.54) is 12.1 Å². The van der Waals surface area contributed by atoms with Crippen LogP contribution in [0.4, 0.5) is 11.4 Å². The Kier molecular flexibility index (Phi) is 5.91. The van der Waals surface area contributed by atoms with Crippen LogP contribution in [0, 0.1) is 10.1 Å². The first-order valence-corrected chi connectivity index (χ1v) is 9.91. The maximum Gasteiger partial charge on any atom is 0.269 e. The molecular weight excluding hydrogens is 412 g/mol. The van der Waals surface area contributed by atoms with Crippen LogP contribution >= 0.6 is 0 Å². The summed E-state index contributed by atoms with van der Waals surface area (Å²) in [6, 6.07) is 20.7. The van der Waals surface area contributed by atoms with Gasteiger partial charge in [0.25, 0.3) is 11.6 Å². The maximum atomic E-state index is 12.5. The first kappa shape index (κ1) is 21.1. The molecule has 3 N–H and O–H groups in total. The van der Waals surface area contributed by atoms with Gasteiger partial charge in [0, 0.05) is 35.5 Å². The van der Waals surface area contributed by atoms with Gasteiger partial charge in [-0.25, -0.2) is 4.90 Å². The van der Waals surface area contributed by atoms with Gasteiger partial charge in [-0.05, 0) is 30.3 Å². The Hall–Kier alpha value is -4.11. The van der Waals surface area contributed by atoms with Crippen LogP contribution in [0.2, 0.25) is 0 Å². The number of methoxy groups -OCH3 is 1. The molecule has 0 spiro atoms. The zero-order chi connectivity index (χ0) is 22.7. The van der Waals surface area contributed by atoms with Gasteiger partial charge in [0.1, 0.15) is 11.5 Å². The number of rotatable bonds is 7. The molecule has 1 amide bonds. The van der Waals surface area contributed by atoms with E-state index in [9.17, 15) is 14.9 Å². The normalized spacial score (nSPS) is 16.3. The smallest absolute Gasteiger partial charge is 0.269 e. The van der Waals surface area contributed by atoms with Gasteiger partial charge < -0.3 is 20.5 Å². The van der Waals surface area contributed by atoms with E-state index in [0.717, 1.165) is 5.56 Å². The molecule has 164 valence electrons. The summed E-state index contributed by atoms with van der Waals surface area (Å²) in [5, 5.41) is 14.5. The van der Waals surface area contributed by atoms with Crippen LogP contribution < -0.4 is 20.5 Å². The van der Waals surface area contributed by atoms with E-state index in [1.54, 1.807) is 48.4 Å². The molecule has 0 fully saturated rings. The number of carbonyl (C=O) groups is 1. The molecule has 4 rings (SSSR count). The lowest BCUT2D eigenvalue weighted by atomic mass is 10.1. The van der Waals surface area contributed by atoms with E-state index in [0.29, 0.717) is 29.3 Å². The summed E-state index contributed by atoms with van der Waals surface area (Å²) in [6.07, 6.45) is -1.71. The third-order valence-corrected chi connectivity index (χ3v) is 5.23. The Morgan fingerprint density at radius 1 is 1.19 bits per heavy atom. The second kappa shape index (κ2) is 8.94. The van der Waals surface area contributed by atoms with E-state index in [1.807, 2.05) is 24.3 Å². The average molecular weight is 434 g/mol. The van der Waals surface area contributed by atoms with Gasteiger partial charge in [-0.2, -0.15) is 0 Å². The molecule has 9 nitrogen and oxygen atoms in total. The summed E-state index contributed by atoms with van der Waals surface area (Å²) in [4.78, 5) is 25.1. The largest absolute Gasteiger partial charge is 0.497 e. The second-order valence-corrected chi connectivity index (χ2v) is 7.28. The molecule has 0 aliphatic carbocycles. The molecule has 0 saturated carbocycles. The van der Waals surface area contributed by atoms with Crippen molar-refractivity contribution < 1.29 is 19.2 Å². The number of fused-ring (bicyclic) bond motifs is 1. The highest BCUT2D eigenvalue weighted by Crippen LogP contribution is 2.37. The minimum absolute atomic E-state index is 0.0661. The highest BCUT2D eigenvalue weighted by Gasteiger charge is 2.37. The fourth-order valence-corrected chi connectivity index (χ4v) is 3.66. The number of ether oxygens (including phenoxy) is 2. The van der Waals surface area contributed by atoms with Gasteiger partial charge >= 0.3 is 0 Å². The number of non-ortho nitro benzene ring substituents is 1. The number of nitro benzene ring substituents is 1. The molecular formula is C23H22N4O5. The quantitative estimate of drug-likeness (QED) is 0.432. The second-order valence-electron chi connectivity index (χ2n) is 7.28. The number of amides is 1. The van der Waals surface area contributed by atoms with Gasteiger partial charge in [0.05, 0.1) is 12.0 Å². The van der Waals surface area contributed by atoms with E-state index in [4.69, 9.17) is 15.2 Å². The fourth-order valence-electron chi connectivity index (χ4n) is 3.66. The first-order valence-electron chi connectivity index (χ1n) is 9.91. The van der Waals surface area contributed by atoms with Crippen molar-refractivity contribution in [3.63, 3.8) is 0 Å². The Labute approximate surface area is 184 Å². The summed E-state index contributed by atoms with van der Waals surface area (Å²) >= 11 is 0. The van der Waals surface area contributed by atoms with Crippen LogP contribution in [0.5, 0.6) is 11.5 Å².